The van der Waals surface area contributed by atoms with Crippen molar-refractivity contribution in [2.24, 2.45) is 0 Å². The van der Waals surface area contributed by atoms with E-state index in [2.05, 4.69) is 38.7 Å². The number of benzene rings is 3. The van der Waals surface area contributed by atoms with Gasteiger partial charge in [-0.15, -0.1) is 0 Å². The molecule has 0 bridgehead atoms. The standard InChI is InChI=1S/C27H28BrN3O3S/c1-3-31(4-2)26(33)21-11-8-12-22(17-21)29-27(35)30-25(32)20-13-14-24(23(28)18-20)34-16-15-19-9-6-5-7-10-19/h5-14,17-18H,3-4,15-16H2,1-2H3,(H2,29,30,32,35). The molecule has 0 aliphatic carbocycles. The second-order valence-corrected chi connectivity index (χ2v) is 8.96. The first-order valence-corrected chi connectivity index (χ1v) is 12.6. The van der Waals surface area contributed by atoms with Crippen molar-refractivity contribution in [1.29, 1.82) is 0 Å². The van der Waals surface area contributed by atoms with Crippen LogP contribution in [0.4, 0.5) is 5.69 Å². The van der Waals surface area contributed by atoms with Crippen LogP contribution in [0.3, 0.4) is 0 Å². The second kappa shape index (κ2) is 13.0. The summed E-state index contributed by atoms with van der Waals surface area (Å²) in [7, 11) is 0. The molecule has 0 fully saturated rings. The van der Waals surface area contributed by atoms with Gasteiger partial charge in [0.1, 0.15) is 5.75 Å². The van der Waals surface area contributed by atoms with Crippen molar-refractivity contribution in [3.05, 3.63) is 94.0 Å². The Morgan fingerprint density at radius 1 is 0.943 bits per heavy atom. The molecule has 0 heterocycles. The molecular weight excluding hydrogens is 526 g/mol. The number of amides is 2. The number of anilines is 1. The molecule has 0 unspecified atom stereocenters. The Kier molecular flexibility index (Phi) is 9.81. The van der Waals surface area contributed by atoms with Crippen LogP contribution >= 0.6 is 28.1 Å². The molecule has 0 radical (unpaired) electrons. The number of thiocarbonyl (C=S) groups is 1. The van der Waals surface area contributed by atoms with Crippen LogP contribution in [0.15, 0.2) is 77.3 Å². The average molecular weight is 555 g/mol. The number of hydrogen-bond acceptors (Lipinski definition) is 4. The molecule has 8 heteroatoms. The lowest BCUT2D eigenvalue weighted by atomic mass is 10.1. The molecule has 3 aromatic rings. The van der Waals surface area contributed by atoms with Crippen molar-refractivity contribution >= 4 is 50.8 Å². The van der Waals surface area contributed by atoms with E-state index in [9.17, 15) is 9.59 Å². The van der Waals surface area contributed by atoms with Gasteiger partial charge in [-0.1, -0.05) is 36.4 Å². The lowest BCUT2D eigenvalue weighted by Gasteiger charge is -2.19. The van der Waals surface area contributed by atoms with E-state index in [4.69, 9.17) is 17.0 Å². The molecule has 0 saturated carbocycles. The third kappa shape index (κ3) is 7.63. The molecule has 2 N–H and O–H groups in total. The number of nitrogens with one attached hydrogen (secondary N) is 2. The molecule has 35 heavy (non-hydrogen) atoms. The van der Waals surface area contributed by atoms with Crippen molar-refractivity contribution in [2.75, 3.05) is 25.0 Å². The van der Waals surface area contributed by atoms with Crippen LogP contribution < -0.4 is 15.4 Å². The maximum Gasteiger partial charge on any atom is 0.257 e. The van der Waals surface area contributed by atoms with E-state index in [0.29, 0.717) is 46.7 Å². The molecule has 0 saturated heterocycles. The molecule has 2 amide bonds. The molecule has 6 nitrogen and oxygen atoms in total. The van der Waals surface area contributed by atoms with E-state index in [0.717, 1.165) is 6.42 Å². The molecule has 0 aromatic heterocycles. The smallest absolute Gasteiger partial charge is 0.257 e. The van der Waals surface area contributed by atoms with E-state index in [-0.39, 0.29) is 16.9 Å². The third-order valence-electron chi connectivity index (χ3n) is 5.33. The van der Waals surface area contributed by atoms with Gasteiger partial charge in [-0.2, -0.15) is 0 Å². The zero-order valence-corrected chi connectivity index (χ0v) is 22.1. The summed E-state index contributed by atoms with van der Waals surface area (Å²) in [5.41, 5.74) is 2.81. The summed E-state index contributed by atoms with van der Waals surface area (Å²) in [6, 6.07) is 22.3. The van der Waals surface area contributed by atoms with Gasteiger partial charge in [0.2, 0.25) is 0 Å². The normalized spacial score (nSPS) is 10.4. The minimum atomic E-state index is -0.352. The maximum atomic E-state index is 12.7. The quantitative estimate of drug-likeness (QED) is 0.333. The van der Waals surface area contributed by atoms with Gasteiger partial charge in [0.05, 0.1) is 11.1 Å². The minimum absolute atomic E-state index is 0.0514. The van der Waals surface area contributed by atoms with Crippen LogP contribution in [0.1, 0.15) is 40.1 Å². The number of rotatable bonds is 9. The van der Waals surface area contributed by atoms with Crippen molar-refractivity contribution in [3.8, 4) is 5.75 Å². The predicted octanol–water partition coefficient (Wildman–Crippen LogP) is 5.68. The van der Waals surface area contributed by atoms with Crippen LogP contribution in [0, 0.1) is 0 Å². The number of carbonyl (C=O) groups excluding carboxylic acids is 2. The maximum absolute atomic E-state index is 12.7. The Balaban J connectivity index is 1.55. The van der Waals surface area contributed by atoms with E-state index in [1.54, 1.807) is 47.4 Å². The van der Waals surface area contributed by atoms with Crippen LogP contribution in [-0.4, -0.2) is 41.5 Å². The van der Waals surface area contributed by atoms with Crippen LogP contribution in [0.5, 0.6) is 5.75 Å². The summed E-state index contributed by atoms with van der Waals surface area (Å²) < 4.78 is 6.53. The first-order chi connectivity index (χ1) is 16.9. The van der Waals surface area contributed by atoms with E-state index in [1.165, 1.54) is 5.56 Å². The van der Waals surface area contributed by atoms with Crippen molar-refractivity contribution < 1.29 is 14.3 Å². The van der Waals surface area contributed by atoms with Crippen molar-refractivity contribution in [2.45, 2.75) is 20.3 Å². The van der Waals surface area contributed by atoms with Gasteiger partial charge in [-0.3, -0.25) is 14.9 Å². The third-order valence-corrected chi connectivity index (χ3v) is 6.15. The SMILES string of the molecule is CCN(CC)C(=O)c1cccc(NC(=S)NC(=O)c2ccc(OCCc3ccccc3)c(Br)c2)c1. The molecule has 3 rings (SSSR count). The Labute approximate surface area is 219 Å². The highest BCUT2D eigenvalue weighted by molar-refractivity contribution is 9.10. The summed E-state index contributed by atoms with van der Waals surface area (Å²) in [5, 5.41) is 5.79. The van der Waals surface area contributed by atoms with Gasteiger partial charge in [-0.05, 0) is 84.0 Å². The molecule has 0 aliphatic heterocycles. The minimum Gasteiger partial charge on any atom is -0.492 e. The lowest BCUT2D eigenvalue weighted by molar-refractivity contribution is 0.0772. The Morgan fingerprint density at radius 2 is 1.69 bits per heavy atom. The molecule has 3 aromatic carbocycles. The van der Waals surface area contributed by atoms with Crippen LogP contribution in [0.2, 0.25) is 0 Å². The first kappa shape index (κ1) is 26.4. The van der Waals surface area contributed by atoms with Gasteiger partial charge >= 0.3 is 0 Å². The van der Waals surface area contributed by atoms with Crippen molar-refractivity contribution in [1.82, 2.24) is 10.2 Å². The van der Waals surface area contributed by atoms with Gasteiger partial charge in [0, 0.05) is 36.3 Å². The fourth-order valence-corrected chi connectivity index (χ4v) is 4.15. The number of carbonyl (C=O) groups is 2. The summed E-state index contributed by atoms with van der Waals surface area (Å²) in [6.45, 7) is 5.67. The predicted molar refractivity (Wildman–Crippen MR) is 147 cm³/mol. The van der Waals surface area contributed by atoms with Crippen LogP contribution in [-0.2, 0) is 6.42 Å². The number of nitrogens with zero attached hydrogens (tertiary/aromatic N) is 1. The highest BCUT2D eigenvalue weighted by Crippen LogP contribution is 2.26. The van der Waals surface area contributed by atoms with E-state index in [1.807, 2.05) is 32.0 Å². The molecule has 182 valence electrons. The molecular formula is C27H28BrN3O3S. The molecule has 0 atom stereocenters. The first-order valence-electron chi connectivity index (χ1n) is 11.4. The van der Waals surface area contributed by atoms with Crippen molar-refractivity contribution in [3.63, 3.8) is 0 Å². The summed E-state index contributed by atoms with van der Waals surface area (Å²) >= 11 is 8.78. The molecule has 0 spiro atoms. The summed E-state index contributed by atoms with van der Waals surface area (Å²) in [4.78, 5) is 27.0. The van der Waals surface area contributed by atoms with E-state index < -0.39 is 0 Å². The van der Waals surface area contributed by atoms with Gasteiger partial charge in [-0.25, -0.2) is 0 Å². The highest BCUT2D eigenvalue weighted by Gasteiger charge is 2.14. The number of halogens is 1. The Bertz CT molecular complexity index is 1180. The largest absolute Gasteiger partial charge is 0.492 e. The van der Waals surface area contributed by atoms with Gasteiger partial charge in [0.25, 0.3) is 11.8 Å². The summed E-state index contributed by atoms with van der Waals surface area (Å²) in [6.07, 6.45) is 0.789. The lowest BCUT2D eigenvalue weighted by Crippen LogP contribution is -2.34. The second-order valence-electron chi connectivity index (χ2n) is 7.70. The van der Waals surface area contributed by atoms with E-state index >= 15 is 0 Å². The van der Waals surface area contributed by atoms with Gasteiger partial charge < -0.3 is 15.0 Å². The molecule has 0 aliphatic rings. The summed E-state index contributed by atoms with van der Waals surface area (Å²) in [5.74, 6) is 0.256. The highest BCUT2D eigenvalue weighted by atomic mass is 79.9. The van der Waals surface area contributed by atoms with Crippen LogP contribution in [0.25, 0.3) is 0 Å². The number of hydrogen-bond donors (Lipinski definition) is 2. The Hall–Kier alpha value is -3.23. The zero-order chi connectivity index (χ0) is 25.2. The Morgan fingerprint density at radius 3 is 2.37 bits per heavy atom. The topological polar surface area (TPSA) is 70.7 Å². The van der Waals surface area contributed by atoms with Gasteiger partial charge in [0.15, 0.2) is 5.11 Å². The average Bonchev–Trinajstić information content (AvgIpc) is 2.86. The monoisotopic (exact) mass is 553 g/mol. The number of ether oxygens (including phenoxy) is 1. The zero-order valence-electron chi connectivity index (χ0n) is 19.7. The fraction of sp³-hybridized carbons (Fsp3) is 0.222. The fourth-order valence-electron chi connectivity index (χ4n) is 3.44.